The molecular formula is C21H25N3O5. The Kier molecular flexibility index (Phi) is 7.73. The first-order chi connectivity index (χ1) is 13.8. The van der Waals surface area contributed by atoms with Gasteiger partial charge >= 0.3 is 11.9 Å². The van der Waals surface area contributed by atoms with Crippen molar-refractivity contribution in [1.29, 1.82) is 0 Å². The number of hydrogen-bond donors (Lipinski definition) is 4. The summed E-state index contributed by atoms with van der Waals surface area (Å²) in [4.78, 5) is 36.3. The fourth-order valence-electron chi connectivity index (χ4n) is 2.87. The third kappa shape index (κ3) is 6.62. The molecule has 2 heterocycles. The molecule has 1 aromatic carbocycles. The van der Waals surface area contributed by atoms with Crippen molar-refractivity contribution in [2.24, 2.45) is 0 Å². The van der Waals surface area contributed by atoms with E-state index in [0.29, 0.717) is 18.6 Å². The first kappa shape index (κ1) is 21.9. The standard InChI is InChI=1S/C17H21N3O.C4H4O4/c1-3-17(21)19-13-4-5-16-14(10-13)15(11-18-16)12-6-8-20(2)9-7-12;5-3(6)1-2-4(7)8/h4-6,10-11,18H,3,7-9H2,1-2H3,(H,19,21);1-2H,(H,5,6)(H,7,8). The summed E-state index contributed by atoms with van der Waals surface area (Å²) in [5, 5.41) is 19.7. The highest BCUT2D eigenvalue weighted by atomic mass is 16.4. The topological polar surface area (TPSA) is 123 Å². The molecule has 8 nitrogen and oxygen atoms in total. The van der Waals surface area contributed by atoms with E-state index in [1.165, 1.54) is 16.5 Å². The summed E-state index contributed by atoms with van der Waals surface area (Å²) >= 11 is 0. The molecule has 1 aromatic heterocycles. The molecule has 0 unspecified atom stereocenters. The van der Waals surface area contributed by atoms with Crippen LogP contribution >= 0.6 is 0 Å². The van der Waals surface area contributed by atoms with Gasteiger partial charge in [0.05, 0.1) is 0 Å². The molecule has 0 saturated carbocycles. The van der Waals surface area contributed by atoms with Crippen LogP contribution < -0.4 is 5.32 Å². The van der Waals surface area contributed by atoms with Crippen molar-refractivity contribution in [3.05, 3.63) is 48.2 Å². The number of aliphatic carboxylic acids is 2. The number of H-pyrrole nitrogens is 1. The van der Waals surface area contributed by atoms with Crippen LogP contribution in [0.25, 0.3) is 16.5 Å². The lowest BCUT2D eigenvalue weighted by Crippen LogP contribution is -2.23. The number of fused-ring (bicyclic) bond motifs is 1. The Hall–Kier alpha value is -3.39. The maximum absolute atomic E-state index is 11.5. The van der Waals surface area contributed by atoms with Crippen LogP contribution in [0.3, 0.4) is 0 Å². The van der Waals surface area contributed by atoms with Crippen LogP contribution in [-0.4, -0.2) is 58.1 Å². The fourth-order valence-corrected chi connectivity index (χ4v) is 2.87. The molecule has 154 valence electrons. The summed E-state index contributed by atoms with van der Waals surface area (Å²) in [5.41, 5.74) is 4.62. The van der Waals surface area contributed by atoms with E-state index >= 15 is 0 Å². The molecule has 1 aliphatic rings. The van der Waals surface area contributed by atoms with Crippen molar-refractivity contribution in [1.82, 2.24) is 9.88 Å². The molecular weight excluding hydrogens is 374 g/mol. The number of rotatable bonds is 5. The summed E-state index contributed by atoms with van der Waals surface area (Å²) < 4.78 is 0. The van der Waals surface area contributed by atoms with Gasteiger partial charge < -0.3 is 25.4 Å². The SMILES string of the molecule is CCC(=O)Nc1ccc2[nH]cc(C3=CCN(C)CC3)c2c1.O=C(O)C=CC(=O)O. The van der Waals surface area contributed by atoms with Crippen LogP contribution in [0.2, 0.25) is 0 Å². The minimum Gasteiger partial charge on any atom is -0.478 e. The van der Waals surface area contributed by atoms with Crippen LogP contribution in [-0.2, 0) is 14.4 Å². The first-order valence-electron chi connectivity index (χ1n) is 9.23. The summed E-state index contributed by atoms with van der Waals surface area (Å²) in [5.74, 6) is -2.47. The zero-order valence-electron chi connectivity index (χ0n) is 16.4. The van der Waals surface area contributed by atoms with Crippen LogP contribution in [0.4, 0.5) is 5.69 Å². The van der Waals surface area contributed by atoms with Crippen molar-refractivity contribution in [3.8, 4) is 0 Å². The molecule has 1 aliphatic heterocycles. The maximum atomic E-state index is 11.5. The van der Waals surface area contributed by atoms with Gasteiger partial charge in [-0.15, -0.1) is 0 Å². The normalized spacial score (nSPS) is 14.2. The van der Waals surface area contributed by atoms with Gasteiger partial charge in [-0.3, -0.25) is 4.79 Å². The van der Waals surface area contributed by atoms with Gasteiger partial charge in [0.1, 0.15) is 0 Å². The second kappa shape index (κ2) is 10.2. The van der Waals surface area contributed by atoms with Crippen molar-refractivity contribution in [2.45, 2.75) is 19.8 Å². The van der Waals surface area contributed by atoms with Crippen LogP contribution in [0.15, 0.2) is 42.6 Å². The number of aromatic nitrogens is 1. The molecule has 0 saturated heterocycles. The number of amides is 1. The Morgan fingerprint density at radius 1 is 1.21 bits per heavy atom. The third-order valence-corrected chi connectivity index (χ3v) is 4.41. The number of hydrogen-bond acceptors (Lipinski definition) is 4. The van der Waals surface area contributed by atoms with E-state index in [0.717, 1.165) is 30.7 Å². The summed E-state index contributed by atoms with van der Waals surface area (Å²) in [6.45, 7) is 3.94. The number of benzene rings is 1. The van der Waals surface area contributed by atoms with Crippen molar-refractivity contribution in [3.63, 3.8) is 0 Å². The van der Waals surface area contributed by atoms with Gasteiger partial charge in [-0.1, -0.05) is 13.0 Å². The Bertz CT molecular complexity index is 942. The molecule has 8 heteroatoms. The Morgan fingerprint density at radius 3 is 2.45 bits per heavy atom. The highest BCUT2D eigenvalue weighted by Gasteiger charge is 2.14. The third-order valence-electron chi connectivity index (χ3n) is 4.41. The average molecular weight is 399 g/mol. The lowest BCUT2D eigenvalue weighted by Gasteiger charge is -2.21. The van der Waals surface area contributed by atoms with Gasteiger partial charge in [0.15, 0.2) is 0 Å². The largest absolute Gasteiger partial charge is 0.478 e. The van der Waals surface area contributed by atoms with Crippen LogP contribution in [0.5, 0.6) is 0 Å². The molecule has 1 amide bonds. The number of carbonyl (C=O) groups is 3. The average Bonchev–Trinajstić information content (AvgIpc) is 3.10. The minimum absolute atomic E-state index is 0.0462. The van der Waals surface area contributed by atoms with Crippen molar-refractivity contribution >= 4 is 40.0 Å². The lowest BCUT2D eigenvalue weighted by molar-refractivity contribution is -0.134. The van der Waals surface area contributed by atoms with Gasteiger partial charge in [0.2, 0.25) is 5.91 Å². The molecule has 0 bridgehead atoms. The molecule has 0 aliphatic carbocycles. The van der Waals surface area contributed by atoms with Crippen molar-refractivity contribution < 1.29 is 24.6 Å². The number of aromatic amines is 1. The monoisotopic (exact) mass is 399 g/mol. The highest BCUT2D eigenvalue weighted by molar-refractivity contribution is 5.98. The minimum atomic E-state index is -1.26. The predicted octanol–water partition coefficient (Wildman–Crippen LogP) is 2.95. The number of carboxylic acids is 2. The van der Waals surface area contributed by atoms with E-state index in [2.05, 4.69) is 40.6 Å². The van der Waals surface area contributed by atoms with Gasteiger partial charge in [0, 0.05) is 60.0 Å². The zero-order chi connectivity index (χ0) is 21.4. The van der Waals surface area contributed by atoms with Crippen molar-refractivity contribution in [2.75, 3.05) is 25.5 Å². The lowest BCUT2D eigenvalue weighted by atomic mass is 9.99. The number of nitrogens with one attached hydrogen (secondary N) is 2. The first-order valence-corrected chi connectivity index (χ1v) is 9.23. The Labute approximate surface area is 168 Å². The number of carbonyl (C=O) groups excluding carboxylic acids is 1. The molecule has 2 aromatic rings. The number of carboxylic acid groups (broad SMARTS) is 2. The summed E-state index contributed by atoms with van der Waals surface area (Å²) in [7, 11) is 2.14. The smallest absolute Gasteiger partial charge is 0.328 e. The number of anilines is 1. The molecule has 29 heavy (non-hydrogen) atoms. The molecule has 0 atom stereocenters. The van der Waals surface area contributed by atoms with E-state index in [1.807, 2.05) is 19.1 Å². The highest BCUT2D eigenvalue weighted by Crippen LogP contribution is 2.30. The summed E-state index contributed by atoms with van der Waals surface area (Å²) in [6, 6.07) is 6.03. The van der Waals surface area contributed by atoms with Gasteiger partial charge in [-0.25, -0.2) is 9.59 Å². The van der Waals surface area contributed by atoms with E-state index in [-0.39, 0.29) is 5.91 Å². The molecule has 4 N–H and O–H groups in total. The number of nitrogens with zero attached hydrogens (tertiary/aromatic N) is 1. The fraction of sp³-hybridized carbons (Fsp3) is 0.286. The molecule has 0 spiro atoms. The number of likely N-dealkylation sites (N-methyl/N-ethyl adjacent to an activating group) is 1. The van der Waals surface area contributed by atoms with E-state index < -0.39 is 11.9 Å². The second-order valence-corrected chi connectivity index (χ2v) is 6.62. The second-order valence-electron chi connectivity index (χ2n) is 6.62. The van der Waals surface area contributed by atoms with E-state index in [4.69, 9.17) is 10.2 Å². The van der Waals surface area contributed by atoms with Gasteiger partial charge in [0.25, 0.3) is 0 Å². The van der Waals surface area contributed by atoms with Crippen LogP contribution in [0.1, 0.15) is 25.3 Å². The maximum Gasteiger partial charge on any atom is 0.328 e. The summed E-state index contributed by atoms with van der Waals surface area (Å²) in [6.07, 6.45) is 7.05. The van der Waals surface area contributed by atoms with Gasteiger partial charge in [-0.05, 0) is 37.2 Å². The zero-order valence-corrected chi connectivity index (χ0v) is 16.4. The molecule has 0 radical (unpaired) electrons. The Balaban J connectivity index is 0.000000321. The van der Waals surface area contributed by atoms with E-state index in [9.17, 15) is 14.4 Å². The molecule has 3 rings (SSSR count). The van der Waals surface area contributed by atoms with E-state index in [1.54, 1.807) is 0 Å². The van der Waals surface area contributed by atoms with Crippen LogP contribution in [0, 0.1) is 0 Å². The Morgan fingerprint density at radius 2 is 1.90 bits per heavy atom. The predicted molar refractivity (Wildman–Crippen MR) is 112 cm³/mol. The quantitative estimate of drug-likeness (QED) is 0.573. The molecule has 0 fully saturated rings. The van der Waals surface area contributed by atoms with Gasteiger partial charge in [-0.2, -0.15) is 0 Å².